The predicted molar refractivity (Wildman–Crippen MR) is 85.3 cm³/mol. The van der Waals surface area contributed by atoms with Crippen molar-refractivity contribution in [1.82, 2.24) is 4.98 Å². The number of anilines is 1. The van der Waals surface area contributed by atoms with Crippen molar-refractivity contribution in [3.63, 3.8) is 0 Å². The number of fused-ring (bicyclic) bond motifs is 1. The van der Waals surface area contributed by atoms with E-state index >= 15 is 0 Å². The molecule has 0 saturated heterocycles. The van der Waals surface area contributed by atoms with Crippen molar-refractivity contribution >= 4 is 32.9 Å². The van der Waals surface area contributed by atoms with Crippen LogP contribution in [0.25, 0.3) is 10.2 Å². The molecule has 21 heavy (non-hydrogen) atoms. The van der Waals surface area contributed by atoms with Crippen molar-refractivity contribution in [3.8, 4) is 11.5 Å². The zero-order valence-electron chi connectivity index (χ0n) is 11.2. The van der Waals surface area contributed by atoms with Gasteiger partial charge in [-0.2, -0.15) is 5.10 Å². The lowest BCUT2D eigenvalue weighted by atomic mass is 10.2. The molecule has 0 radical (unpaired) electrons. The molecule has 0 aliphatic carbocycles. The molecule has 0 bridgehead atoms. The molecule has 0 amide bonds. The summed E-state index contributed by atoms with van der Waals surface area (Å²) in [5.41, 5.74) is 5.48. The van der Waals surface area contributed by atoms with Crippen molar-refractivity contribution in [1.29, 1.82) is 0 Å². The van der Waals surface area contributed by atoms with Crippen LogP contribution in [0.4, 0.5) is 5.13 Å². The Kier molecular flexibility index (Phi) is 3.45. The monoisotopic (exact) mass is 299 g/mol. The molecule has 0 fully saturated rings. The molecule has 0 spiro atoms. The molecule has 2 aromatic carbocycles. The fourth-order valence-corrected chi connectivity index (χ4v) is 2.82. The molecular formula is C15H13N3O2S. The maximum absolute atomic E-state index is 9.65. The van der Waals surface area contributed by atoms with Crippen molar-refractivity contribution in [3.05, 3.63) is 47.5 Å². The summed E-state index contributed by atoms with van der Waals surface area (Å²) in [5.74, 6) is -0.0139. The van der Waals surface area contributed by atoms with Crippen LogP contribution in [0.2, 0.25) is 0 Å². The average Bonchev–Trinajstić information content (AvgIpc) is 2.86. The van der Waals surface area contributed by atoms with Gasteiger partial charge in [0, 0.05) is 11.6 Å². The quantitative estimate of drug-likeness (QED) is 0.511. The number of phenolic OH excluding ortho intramolecular Hbond substituents is 2. The highest BCUT2D eigenvalue weighted by molar-refractivity contribution is 7.22. The Hall–Kier alpha value is -2.60. The first-order chi connectivity index (χ1) is 10.1. The van der Waals surface area contributed by atoms with E-state index in [4.69, 9.17) is 0 Å². The molecule has 1 aromatic heterocycles. The van der Waals surface area contributed by atoms with Crippen molar-refractivity contribution < 1.29 is 10.2 Å². The van der Waals surface area contributed by atoms with Crippen LogP contribution in [-0.4, -0.2) is 21.4 Å². The van der Waals surface area contributed by atoms with Gasteiger partial charge in [-0.3, -0.25) is 5.43 Å². The normalized spacial score (nSPS) is 11.3. The number of hydrogen-bond acceptors (Lipinski definition) is 6. The number of rotatable bonds is 3. The summed E-state index contributed by atoms with van der Waals surface area (Å²) in [7, 11) is 0. The van der Waals surface area contributed by atoms with Crippen LogP contribution >= 0.6 is 11.3 Å². The van der Waals surface area contributed by atoms with Gasteiger partial charge in [-0.05, 0) is 30.7 Å². The SMILES string of the molecule is Cc1cccc2nc(N/N=C\c3ccc(O)cc3O)sc12. The van der Waals surface area contributed by atoms with Crippen LogP contribution in [0.5, 0.6) is 11.5 Å². The molecule has 3 rings (SSSR count). The minimum Gasteiger partial charge on any atom is -0.508 e. The van der Waals surface area contributed by atoms with Crippen molar-refractivity contribution in [2.24, 2.45) is 5.10 Å². The first kappa shape index (κ1) is 13.4. The molecule has 0 aliphatic heterocycles. The maximum atomic E-state index is 9.65. The molecule has 0 aliphatic rings. The van der Waals surface area contributed by atoms with Crippen molar-refractivity contribution in [2.45, 2.75) is 6.92 Å². The lowest BCUT2D eigenvalue weighted by molar-refractivity contribution is 0.450. The number of hydrazone groups is 1. The predicted octanol–water partition coefficient (Wildman–Crippen LogP) is 3.46. The second kappa shape index (κ2) is 5.41. The minimum absolute atomic E-state index is 0.0132. The Balaban J connectivity index is 1.79. The number of hydrogen-bond donors (Lipinski definition) is 3. The second-order valence-electron chi connectivity index (χ2n) is 4.56. The number of phenols is 2. The van der Waals surface area contributed by atoms with E-state index in [0.717, 1.165) is 10.2 Å². The third kappa shape index (κ3) is 2.80. The van der Waals surface area contributed by atoms with E-state index in [9.17, 15) is 10.2 Å². The smallest absolute Gasteiger partial charge is 0.204 e. The summed E-state index contributed by atoms with van der Waals surface area (Å²) >= 11 is 1.53. The van der Waals surface area contributed by atoms with E-state index in [-0.39, 0.29) is 11.5 Å². The largest absolute Gasteiger partial charge is 0.508 e. The van der Waals surface area contributed by atoms with Crippen LogP contribution in [0.1, 0.15) is 11.1 Å². The lowest BCUT2D eigenvalue weighted by Crippen LogP contribution is -1.90. The number of thiazole rings is 1. The Labute approximate surface area is 125 Å². The second-order valence-corrected chi connectivity index (χ2v) is 5.55. The van der Waals surface area contributed by atoms with Gasteiger partial charge in [0.25, 0.3) is 0 Å². The lowest BCUT2D eigenvalue weighted by Gasteiger charge is -1.99. The van der Waals surface area contributed by atoms with E-state index in [0.29, 0.717) is 10.7 Å². The van der Waals surface area contributed by atoms with Gasteiger partial charge in [-0.15, -0.1) is 0 Å². The summed E-state index contributed by atoms with van der Waals surface area (Å²) in [6.45, 7) is 2.04. The third-order valence-electron chi connectivity index (χ3n) is 2.99. The number of benzene rings is 2. The van der Waals surface area contributed by atoms with Gasteiger partial charge in [-0.1, -0.05) is 23.5 Å². The summed E-state index contributed by atoms with van der Waals surface area (Å²) < 4.78 is 1.13. The fraction of sp³-hybridized carbons (Fsp3) is 0.0667. The fourth-order valence-electron chi connectivity index (χ4n) is 1.93. The molecule has 0 saturated carbocycles. The molecule has 3 aromatic rings. The summed E-state index contributed by atoms with van der Waals surface area (Å²) in [6, 6.07) is 10.3. The van der Waals surface area contributed by atoms with Crippen LogP contribution in [-0.2, 0) is 0 Å². The number of nitrogens with zero attached hydrogens (tertiary/aromatic N) is 2. The van der Waals surface area contributed by atoms with E-state index in [1.807, 2.05) is 25.1 Å². The van der Waals surface area contributed by atoms with Gasteiger partial charge < -0.3 is 10.2 Å². The Bertz CT molecular complexity index is 827. The standard InChI is InChI=1S/C15H13N3O2S/c1-9-3-2-4-12-14(9)21-15(17-12)18-16-8-10-5-6-11(19)7-13(10)20/h2-8,19-20H,1H3,(H,17,18)/b16-8-. The third-order valence-corrected chi connectivity index (χ3v) is 4.10. The van der Waals surface area contributed by atoms with Gasteiger partial charge in [0.1, 0.15) is 11.5 Å². The van der Waals surface area contributed by atoms with Crippen LogP contribution in [0.3, 0.4) is 0 Å². The molecular weight excluding hydrogens is 286 g/mol. The minimum atomic E-state index is -0.0271. The maximum Gasteiger partial charge on any atom is 0.204 e. The first-order valence-corrected chi connectivity index (χ1v) is 7.12. The highest BCUT2D eigenvalue weighted by atomic mass is 32.1. The Morgan fingerprint density at radius 1 is 1.24 bits per heavy atom. The molecule has 3 N–H and O–H groups in total. The molecule has 0 unspecified atom stereocenters. The van der Waals surface area contributed by atoms with E-state index in [1.54, 1.807) is 6.07 Å². The first-order valence-electron chi connectivity index (χ1n) is 6.31. The zero-order chi connectivity index (χ0) is 14.8. The van der Waals surface area contributed by atoms with Gasteiger partial charge in [0.2, 0.25) is 5.13 Å². The topological polar surface area (TPSA) is 77.7 Å². The van der Waals surface area contributed by atoms with Gasteiger partial charge in [0.15, 0.2) is 0 Å². The van der Waals surface area contributed by atoms with E-state index in [2.05, 4.69) is 15.5 Å². The summed E-state index contributed by atoms with van der Waals surface area (Å²) in [4.78, 5) is 4.43. The number of aromatic hydroxyl groups is 2. The van der Waals surface area contributed by atoms with E-state index in [1.165, 1.54) is 35.2 Å². The molecule has 106 valence electrons. The number of nitrogens with one attached hydrogen (secondary N) is 1. The van der Waals surface area contributed by atoms with E-state index < -0.39 is 0 Å². The van der Waals surface area contributed by atoms with Crippen LogP contribution in [0, 0.1) is 6.92 Å². The summed E-state index contributed by atoms with van der Waals surface area (Å²) in [5, 5.41) is 23.6. The van der Waals surface area contributed by atoms with Crippen molar-refractivity contribution in [2.75, 3.05) is 5.43 Å². The highest BCUT2D eigenvalue weighted by Gasteiger charge is 2.04. The van der Waals surface area contributed by atoms with Gasteiger partial charge in [-0.25, -0.2) is 4.98 Å². The number of aryl methyl sites for hydroxylation is 1. The highest BCUT2D eigenvalue weighted by Crippen LogP contribution is 2.28. The zero-order valence-corrected chi connectivity index (χ0v) is 12.1. The van der Waals surface area contributed by atoms with Crippen LogP contribution in [0.15, 0.2) is 41.5 Å². The Morgan fingerprint density at radius 2 is 2.10 bits per heavy atom. The molecule has 1 heterocycles. The average molecular weight is 299 g/mol. The van der Waals surface area contributed by atoms with Crippen LogP contribution < -0.4 is 5.43 Å². The Morgan fingerprint density at radius 3 is 2.86 bits per heavy atom. The van der Waals surface area contributed by atoms with Gasteiger partial charge in [0.05, 0.1) is 16.4 Å². The summed E-state index contributed by atoms with van der Waals surface area (Å²) in [6.07, 6.45) is 1.48. The molecule has 6 heteroatoms. The van der Waals surface area contributed by atoms with Gasteiger partial charge >= 0.3 is 0 Å². The number of aromatic nitrogens is 1. The molecule has 0 atom stereocenters. The molecule has 5 nitrogen and oxygen atoms in total.